The van der Waals surface area contributed by atoms with E-state index in [0.717, 1.165) is 0 Å². The normalized spacial score (nSPS) is 14.9. The average molecular weight is 459 g/mol. The molecule has 0 radical (unpaired) electrons. The second kappa shape index (κ2) is 9.09. The van der Waals surface area contributed by atoms with E-state index in [1.165, 1.54) is 43.1 Å². The quantitative estimate of drug-likeness (QED) is 0.562. The lowest BCUT2D eigenvalue weighted by Crippen LogP contribution is -2.49. The van der Waals surface area contributed by atoms with E-state index in [0.29, 0.717) is 35.9 Å². The molecular weight excluding hydrogens is 435 g/mol. The SMILES string of the molecule is COc1ccc(OC)c(S(=O)(=O)N2CCN(c3cc(-c4cccc(F)c4)ncn3)CC2)c1. The minimum Gasteiger partial charge on any atom is -0.497 e. The molecule has 8 nitrogen and oxygen atoms in total. The van der Waals surface area contributed by atoms with Crippen molar-refractivity contribution in [3.8, 4) is 22.8 Å². The molecule has 2 heterocycles. The fourth-order valence-electron chi connectivity index (χ4n) is 3.61. The van der Waals surface area contributed by atoms with Crippen molar-refractivity contribution in [3.63, 3.8) is 0 Å². The Balaban J connectivity index is 1.52. The van der Waals surface area contributed by atoms with Crippen molar-refractivity contribution in [2.75, 3.05) is 45.3 Å². The third-order valence-corrected chi connectivity index (χ3v) is 7.24. The molecule has 0 aliphatic carbocycles. The molecule has 1 saturated heterocycles. The maximum absolute atomic E-state index is 13.6. The van der Waals surface area contributed by atoms with Crippen molar-refractivity contribution in [1.82, 2.24) is 14.3 Å². The van der Waals surface area contributed by atoms with Crippen LogP contribution in [0.25, 0.3) is 11.3 Å². The number of hydrogen-bond acceptors (Lipinski definition) is 7. The second-order valence-corrected chi connectivity index (χ2v) is 9.09. The van der Waals surface area contributed by atoms with Gasteiger partial charge in [0.1, 0.15) is 34.4 Å². The van der Waals surface area contributed by atoms with Crippen molar-refractivity contribution < 1.29 is 22.3 Å². The van der Waals surface area contributed by atoms with Gasteiger partial charge in [-0.05, 0) is 24.3 Å². The minimum atomic E-state index is -3.77. The van der Waals surface area contributed by atoms with Gasteiger partial charge in [-0.2, -0.15) is 4.31 Å². The lowest BCUT2D eigenvalue weighted by atomic mass is 10.1. The van der Waals surface area contributed by atoms with Crippen LogP contribution in [0, 0.1) is 5.82 Å². The Morgan fingerprint density at radius 3 is 2.41 bits per heavy atom. The van der Waals surface area contributed by atoms with E-state index in [1.807, 2.05) is 4.90 Å². The molecule has 0 unspecified atom stereocenters. The van der Waals surface area contributed by atoms with Gasteiger partial charge in [0.05, 0.1) is 19.9 Å². The van der Waals surface area contributed by atoms with Gasteiger partial charge in [0, 0.05) is 43.9 Å². The van der Waals surface area contributed by atoms with Crippen molar-refractivity contribution in [2.24, 2.45) is 0 Å². The van der Waals surface area contributed by atoms with Gasteiger partial charge in [-0.3, -0.25) is 0 Å². The highest BCUT2D eigenvalue weighted by molar-refractivity contribution is 7.89. The summed E-state index contributed by atoms with van der Waals surface area (Å²) in [7, 11) is -0.854. The van der Waals surface area contributed by atoms with Crippen LogP contribution in [-0.4, -0.2) is 63.1 Å². The van der Waals surface area contributed by atoms with Crippen molar-refractivity contribution in [2.45, 2.75) is 4.90 Å². The summed E-state index contributed by atoms with van der Waals surface area (Å²) < 4.78 is 52.0. The van der Waals surface area contributed by atoms with Gasteiger partial charge in [-0.1, -0.05) is 12.1 Å². The standard InChI is InChI=1S/C22H23FN4O4S/c1-30-18-6-7-20(31-2)21(13-18)32(28,29)27-10-8-26(9-11-27)22-14-19(24-15-25-22)16-4-3-5-17(23)12-16/h3-7,12-15H,8-11H2,1-2H3. The molecule has 1 aliphatic heterocycles. The molecule has 1 aliphatic rings. The van der Waals surface area contributed by atoms with Crippen LogP contribution in [0.1, 0.15) is 0 Å². The number of ether oxygens (including phenoxy) is 2. The van der Waals surface area contributed by atoms with Crippen LogP contribution in [-0.2, 0) is 10.0 Å². The first-order valence-corrected chi connectivity index (χ1v) is 11.4. The van der Waals surface area contributed by atoms with Crippen LogP contribution in [0.3, 0.4) is 0 Å². The summed E-state index contributed by atoms with van der Waals surface area (Å²) >= 11 is 0. The lowest BCUT2D eigenvalue weighted by Gasteiger charge is -2.34. The maximum Gasteiger partial charge on any atom is 0.247 e. The van der Waals surface area contributed by atoms with Gasteiger partial charge in [-0.15, -0.1) is 0 Å². The van der Waals surface area contributed by atoms with E-state index >= 15 is 0 Å². The number of methoxy groups -OCH3 is 2. The van der Waals surface area contributed by atoms with E-state index in [4.69, 9.17) is 9.47 Å². The minimum absolute atomic E-state index is 0.0724. The highest BCUT2D eigenvalue weighted by Gasteiger charge is 2.31. The molecule has 1 fully saturated rings. The van der Waals surface area contributed by atoms with E-state index in [1.54, 1.807) is 30.3 Å². The Morgan fingerprint density at radius 1 is 0.938 bits per heavy atom. The fraction of sp³-hybridized carbons (Fsp3) is 0.273. The first kappa shape index (κ1) is 22.0. The molecule has 3 aromatic rings. The maximum atomic E-state index is 13.6. The third-order valence-electron chi connectivity index (χ3n) is 5.32. The summed E-state index contributed by atoms with van der Waals surface area (Å²) in [6, 6.07) is 12.7. The molecule has 1 aromatic heterocycles. The number of piperazine rings is 1. The third kappa shape index (κ3) is 4.37. The Morgan fingerprint density at radius 2 is 1.72 bits per heavy atom. The number of benzene rings is 2. The zero-order chi connectivity index (χ0) is 22.7. The predicted molar refractivity (Wildman–Crippen MR) is 118 cm³/mol. The van der Waals surface area contributed by atoms with Crippen molar-refractivity contribution in [1.29, 1.82) is 0 Å². The first-order valence-electron chi connectivity index (χ1n) is 9.97. The van der Waals surface area contributed by atoms with Crippen molar-refractivity contribution in [3.05, 3.63) is 60.7 Å². The summed E-state index contributed by atoms with van der Waals surface area (Å²) in [6.45, 7) is 1.46. The van der Waals surface area contributed by atoms with Gasteiger partial charge >= 0.3 is 0 Å². The van der Waals surface area contributed by atoms with Gasteiger partial charge < -0.3 is 14.4 Å². The largest absolute Gasteiger partial charge is 0.497 e. The number of halogens is 1. The molecule has 0 bridgehead atoms. The molecule has 10 heteroatoms. The summed E-state index contributed by atoms with van der Waals surface area (Å²) in [5.41, 5.74) is 1.26. The predicted octanol–water partition coefficient (Wildman–Crippen LogP) is 2.81. The summed E-state index contributed by atoms with van der Waals surface area (Å²) in [6.07, 6.45) is 1.43. The molecule has 32 heavy (non-hydrogen) atoms. The molecule has 0 saturated carbocycles. The average Bonchev–Trinajstić information content (AvgIpc) is 2.83. The van der Waals surface area contributed by atoms with Crippen LogP contribution >= 0.6 is 0 Å². The number of anilines is 1. The summed E-state index contributed by atoms with van der Waals surface area (Å²) in [4.78, 5) is 10.6. The Hall–Kier alpha value is -3.24. The molecule has 0 N–H and O–H groups in total. The number of hydrogen-bond donors (Lipinski definition) is 0. The van der Waals surface area contributed by atoms with E-state index in [9.17, 15) is 12.8 Å². The van der Waals surface area contributed by atoms with Gasteiger partial charge in [0.15, 0.2) is 0 Å². The molecule has 0 spiro atoms. The van der Waals surface area contributed by atoms with Crippen LogP contribution in [0.5, 0.6) is 11.5 Å². The number of aromatic nitrogens is 2. The Labute approximate surface area is 186 Å². The molecular formula is C22H23FN4O4S. The number of rotatable bonds is 6. The van der Waals surface area contributed by atoms with Crippen LogP contribution in [0.2, 0.25) is 0 Å². The van der Waals surface area contributed by atoms with Crippen LogP contribution < -0.4 is 14.4 Å². The van der Waals surface area contributed by atoms with Crippen LogP contribution in [0.4, 0.5) is 10.2 Å². The Kier molecular flexibility index (Phi) is 6.24. The molecule has 4 rings (SSSR count). The summed E-state index contributed by atoms with van der Waals surface area (Å²) in [5, 5.41) is 0. The summed E-state index contributed by atoms with van der Waals surface area (Å²) in [5.74, 6) is 1.03. The Bertz CT molecular complexity index is 1210. The zero-order valence-corrected chi connectivity index (χ0v) is 18.5. The topological polar surface area (TPSA) is 84.9 Å². The molecule has 0 atom stereocenters. The van der Waals surface area contributed by atoms with Gasteiger partial charge in [0.25, 0.3) is 0 Å². The fourth-order valence-corrected chi connectivity index (χ4v) is 5.20. The van der Waals surface area contributed by atoms with Crippen molar-refractivity contribution >= 4 is 15.8 Å². The molecule has 2 aromatic carbocycles. The first-order chi connectivity index (χ1) is 15.4. The lowest BCUT2D eigenvalue weighted by molar-refractivity contribution is 0.370. The number of sulfonamides is 1. The number of nitrogens with zero attached hydrogens (tertiary/aromatic N) is 4. The molecule has 0 amide bonds. The van der Waals surface area contributed by atoms with E-state index < -0.39 is 10.0 Å². The zero-order valence-electron chi connectivity index (χ0n) is 17.7. The van der Waals surface area contributed by atoms with Crippen LogP contribution in [0.15, 0.2) is 59.8 Å². The van der Waals surface area contributed by atoms with Gasteiger partial charge in [-0.25, -0.2) is 22.8 Å². The highest BCUT2D eigenvalue weighted by atomic mass is 32.2. The smallest absolute Gasteiger partial charge is 0.247 e. The highest BCUT2D eigenvalue weighted by Crippen LogP contribution is 2.31. The second-order valence-electron chi connectivity index (χ2n) is 7.18. The monoisotopic (exact) mass is 458 g/mol. The van der Waals surface area contributed by atoms with E-state index in [2.05, 4.69) is 9.97 Å². The molecule has 168 valence electrons. The van der Waals surface area contributed by atoms with Gasteiger partial charge in [0.2, 0.25) is 10.0 Å². The van der Waals surface area contributed by atoms with E-state index in [-0.39, 0.29) is 29.6 Å².